The molecule has 0 amide bonds. The summed E-state index contributed by atoms with van der Waals surface area (Å²) in [6.07, 6.45) is 1.59. The van der Waals surface area contributed by atoms with Crippen molar-refractivity contribution in [1.82, 2.24) is 4.90 Å². The van der Waals surface area contributed by atoms with Crippen LogP contribution >= 0.6 is 0 Å². The van der Waals surface area contributed by atoms with Crippen LogP contribution in [-0.4, -0.2) is 29.2 Å². The van der Waals surface area contributed by atoms with Gasteiger partial charge in [0.2, 0.25) is 0 Å². The zero-order valence-corrected chi connectivity index (χ0v) is 14.1. The van der Waals surface area contributed by atoms with Gasteiger partial charge in [-0.3, -0.25) is 4.90 Å². The molecule has 1 heterocycles. The molecule has 3 rings (SSSR count). The van der Waals surface area contributed by atoms with Crippen LogP contribution in [-0.2, 0) is 13.1 Å². The fourth-order valence-corrected chi connectivity index (χ4v) is 3.14. The summed E-state index contributed by atoms with van der Waals surface area (Å²) in [7, 11) is 0. The smallest absolute Gasteiger partial charge is 0.126 e. The number of aliphatic hydroxyl groups excluding tert-OH is 1. The first-order chi connectivity index (χ1) is 11.6. The molecule has 2 aromatic carbocycles. The van der Waals surface area contributed by atoms with Crippen molar-refractivity contribution >= 4 is 5.69 Å². The lowest BCUT2D eigenvalue weighted by Crippen LogP contribution is -2.35. The number of nitrogens with zero attached hydrogens (tertiary/aromatic N) is 1. The van der Waals surface area contributed by atoms with E-state index in [1.54, 1.807) is 6.92 Å². The Morgan fingerprint density at radius 2 is 1.92 bits per heavy atom. The number of nitrogens with one attached hydrogen (secondary N) is 1. The van der Waals surface area contributed by atoms with Crippen molar-refractivity contribution in [2.75, 3.05) is 18.4 Å². The first kappa shape index (κ1) is 16.9. The summed E-state index contributed by atoms with van der Waals surface area (Å²) >= 11 is 0. The van der Waals surface area contributed by atoms with Crippen LogP contribution in [0.3, 0.4) is 0 Å². The highest BCUT2D eigenvalue weighted by molar-refractivity contribution is 5.46. The zero-order valence-electron chi connectivity index (χ0n) is 14.1. The number of anilines is 1. The second-order valence-corrected chi connectivity index (χ2v) is 6.64. The lowest BCUT2D eigenvalue weighted by molar-refractivity contribution is 0.0792. The van der Waals surface area contributed by atoms with Crippen molar-refractivity contribution in [3.05, 3.63) is 65.0 Å². The van der Waals surface area contributed by atoms with E-state index in [0.29, 0.717) is 12.1 Å². The highest BCUT2D eigenvalue weighted by Gasteiger charge is 2.16. The Morgan fingerprint density at radius 1 is 1.12 bits per heavy atom. The van der Waals surface area contributed by atoms with Crippen molar-refractivity contribution in [3.63, 3.8) is 0 Å². The lowest BCUT2D eigenvalue weighted by Gasteiger charge is -2.29. The number of aryl methyl sites for hydroxylation is 1. The number of likely N-dealkylation sites (tertiary alicyclic amines) is 1. The van der Waals surface area contributed by atoms with Gasteiger partial charge >= 0.3 is 0 Å². The van der Waals surface area contributed by atoms with Crippen LogP contribution in [0, 0.1) is 12.7 Å². The monoisotopic (exact) mass is 328 g/mol. The number of rotatable bonds is 5. The predicted octanol–water partition coefficient (Wildman–Crippen LogP) is 3.70. The van der Waals surface area contributed by atoms with Crippen molar-refractivity contribution in [1.29, 1.82) is 0 Å². The Morgan fingerprint density at radius 3 is 2.67 bits per heavy atom. The Balaban J connectivity index is 1.57. The predicted molar refractivity (Wildman–Crippen MR) is 95.4 cm³/mol. The van der Waals surface area contributed by atoms with E-state index in [0.717, 1.165) is 43.7 Å². The van der Waals surface area contributed by atoms with Crippen LogP contribution in [0.5, 0.6) is 0 Å². The molecule has 0 aliphatic carbocycles. The molecular weight excluding hydrogens is 303 g/mol. The summed E-state index contributed by atoms with van der Waals surface area (Å²) in [6.45, 7) is 5.29. The van der Waals surface area contributed by atoms with Crippen LogP contribution in [0.15, 0.2) is 42.5 Å². The van der Waals surface area contributed by atoms with Gasteiger partial charge in [-0.1, -0.05) is 24.3 Å². The second kappa shape index (κ2) is 7.77. The van der Waals surface area contributed by atoms with Crippen molar-refractivity contribution in [2.45, 2.75) is 39.0 Å². The van der Waals surface area contributed by atoms with Gasteiger partial charge in [-0.05, 0) is 54.7 Å². The van der Waals surface area contributed by atoms with E-state index in [1.807, 2.05) is 12.1 Å². The third-order valence-electron chi connectivity index (χ3n) is 4.61. The Hall–Kier alpha value is -1.91. The molecule has 2 aromatic rings. The van der Waals surface area contributed by atoms with Gasteiger partial charge in [0.25, 0.3) is 0 Å². The van der Waals surface area contributed by atoms with Gasteiger partial charge in [-0.15, -0.1) is 0 Å². The van der Waals surface area contributed by atoms with E-state index in [1.165, 1.54) is 11.6 Å². The van der Waals surface area contributed by atoms with Crippen LogP contribution in [0.2, 0.25) is 0 Å². The third-order valence-corrected chi connectivity index (χ3v) is 4.61. The highest BCUT2D eigenvalue weighted by atomic mass is 19.1. The average molecular weight is 328 g/mol. The lowest BCUT2D eigenvalue weighted by atomic mass is 10.1. The fraction of sp³-hybridized carbons (Fsp3) is 0.400. The SMILES string of the molecule is Cc1cc(CNc2cccc(CN3CCC(O)CC3)c2)ccc1F. The Bertz CT molecular complexity index is 681. The summed E-state index contributed by atoms with van der Waals surface area (Å²) in [5.41, 5.74) is 4.10. The maximum atomic E-state index is 13.3. The minimum atomic E-state index is -0.160. The van der Waals surface area contributed by atoms with Gasteiger partial charge in [0.15, 0.2) is 0 Å². The molecular formula is C20H25FN2O. The molecule has 1 saturated heterocycles. The van der Waals surface area contributed by atoms with E-state index in [-0.39, 0.29) is 11.9 Å². The normalized spacial score (nSPS) is 16.3. The maximum Gasteiger partial charge on any atom is 0.126 e. The average Bonchev–Trinajstić information content (AvgIpc) is 2.58. The summed E-state index contributed by atoms with van der Waals surface area (Å²) < 4.78 is 13.3. The van der Waals surface area contributed by atoms with Crippen molar-refractivity contribution in [2.24, 2.45) is 0 Å². The maximum absolute atomic E-state index is 13.3. The minimum absolute atomic E-state index is 0.131. The number of aliphatic hydroxyl groups is 1. The largest absolute Gasteiger partial charge is 0.393 e. The summed E-state index contributed by atoms with van der Waals surface area (Å²) in [5, 5.41) is 13.0. The van der Waals surface area contributed by atoms with Gasteiger partial charge < -0.3 is 10.4 Å². The molecule has 0 atom stereocenters. The van der Waals surface area contributed by atoms with Crippen LogP contribution in [0.1, 0.15) is 29.5 Å². The standard InChI is InChI=1S/C20H25FN2O/c1-15-11-16(5-6-20(15)21)13-22-18-4-2-3-17(12-18)14-23-9-7-19(24)8-10-23/h2-6,11-12,19,22,24H,7-10,13-14H2,1H3. The third kappa shape index (κ3) is 4.56. The minimum Gasteiger partial charge on any atom is -0.393 e. The van der Waals surface area contributed by atoms with Gasteiger partial charge in [-0.2, -0.15) is 0 Å². The van der Waals surface area contributed by atoms with Gasteiger partial charge in [0.1, 0.15) is 5.82 Å². The van der Waals surface area contributed by atoms with Crippen molar-refractivity contribution in [3.8, 4) is 0 Å². The number of hydrogen-bond donors (Lipinski definition) is 2. The molecule has 1 fully saturated rings. The molecule has 0 aromatic heterocycles. The van der Waals surface area contributed by atoms with E-state index >= 15 is 0 Å². The Kier molecular flexibility index (Phi) is 5.48. The Labute approximate surface area is 143 Å². The van der Waals surface area contributed by atoms with Gasteiger partial charge in [0, 0.05) is 31.9 Å². The van der Waals surface area contributed by atoms with Crippen LogP contribution in [0.4, 0.5) is 10.1 Å². The van der Waals surface area contributed by atoms with E-state index in [2.05, 4.69) is 34.5 Å². The quantitative estimate of drug-likeness (QED) is 0.878. The molecule has 0 bridgehead atoms. The van der Waals surface area contributed by atoms with Gasteiger partial charge in [-0.25, -0.2) is 4.39 Å². The molecule has 4 heteroatoms. The molecule has 0 spiro atoms. The summed E-state index contributed by atoms with van der Waals surface area (Å²) in [6, 6.07) is 13.6. The highest BCUT2D eigenvalue weighted by Crippen LogP contribution is 2.17. The molecule has 3 nitrogen and oxygen atoms in total. The second-order valence-electron chi connectivity index (χ2n) is 6.64. The number of halogens is 1. The van der Waals surface area contributed by atoms with Crippen molar-refractivity contribution < 1.29 is 9.50 Å². The number of benzene rings is 2. The summed E-state index contributed by atoms with van der Waals surface area (Å²) in [4.78, 5) is 2.38. The molecule has 1 aliphatic heterocycles. The molecule has 0 radical (unpaired) electrons. The molecule has 1 aliphatic rings. The van der Waals surface area contributed by atoms with Crippen LogP contribution < -0.4 is 5.32 Å². The molecule has 24 heavy (non-hydrogen) atoms. The zero-order chi connectivity index (χ0) is 16.9. The fourth-order valence-electron chi connectivity index (χ4n) is 3.14. The molecule has 0 unspecified atom stereocenters. The topological polar surface area (TPSA) is 35.5 Å². The van der Waals surface area contributed by atoms with E-state index in [9.17, 15) is 9.50 Å². The van der Waals surface area contributed by atoms with Gasteiger partial charge in [0.05, 0.1) is 6.10 Å². The number of hydrogen-bond acceptors (Lipinski definition) is 3. The first-order valence-corrected chi connectivity index (χ1v) is 8.58. The molecule has 128 valence electrons. The van der Waals surface area contributed by atoms with E-state index in [4.69, 9.17) is 0 Å². The molecule has 2 N–H and O–H groups in total. The van der Waals surface area contributed by atoms with Crippen LogP contribution in [0.25, 0.3) is 0 Å². The molecule has 0 saturated carbocycles. The number of piperidine rings is 1. The summed E-state index contributed by atoms with van der Waals surface area (Å²) in [5.74, 6) is -0.160. The van der Waals surface area contributed by atoms with E-state index < -0.39 is 0 Å². The first-order valence-electron chi connectivity index (χ1n) is 8.58.